The highest BCUT2D eigenvalue weighted by Crippen LogP contribution is 2.28. The van der Waals surface area contributed by atoms with E-state index >= 15 is 0 Å². The topological polar surface area (TPSA) is 47.6 Å². The molecule has 0 aromatic heterocycles. The van der Waals surface area contributed by atoms with Crippen LogP contribution in [0.15, 0.2) is 0 Å². The predicted octanol–water partition coefficient (Wildman–Crippen LogP) is 0.953. The molecule has 0 saturated heterocycles. The molecule has 0 aromatic carbocycles. The normalized spacial score (nSPS) is 17.9. The Morgan fingerprint density at radius 2 is 2.13 bits per heavy atom. The molecule has 4 heteroatoms. The molecule has 0 bridgehead atoms. The van der Waals surface area contributed by atoms with Crippen LogP contribution in [-0.2, 0) is 14.3 Å². The van der Waals surface area contributed by atoms with Crippen molar-refractivity contribution in [2.75, 3.05) is 20.3 Å². The van der Waals surface area contributed by atoms with E-state index in [4.69, 9.17) is 9.47 Å². The number of esters is 1. The van der Waals surface area contributed by atoms with Crippen molar-refractivity contribution in [3.63, 3.8) is 0 Å². The van der Waals surface area contributed by atoms with Crippen molar-refractivity contribution in [2.24, 2.45) is 5.92 Å². The van der Waals surface area contributed by atoms with Crippen molar-refractivity contribution < 1.29 is 14.3 Å². The first-order chi connectivity index (χ1) is 7.13. The quantitative estimate of drug-likeness (QED) is 0.642. The SMILES string of the molecule is COC(=O)C(COCC1CC1)NC(C)C. The summed E-state index contributed by atoms with van der Waals surface area (Å²) in [6, 6.07) is -0.0904. The third-order valence-corrected chi connectivity index (χ3v) is 2.36. The van der Waals surface area contributed by atoms with Gasteiger partial charge in [0.2, 0.25) is 0 Å². The highest BCUT2D eigenvalue weighted by molar-refractivity contribution is 5.75. The third kappa shape index (κ3) is 5.14. The smallest absolute Gasteiger partial charge is 0.325 e. The first-order valence-electron chi connectivity index (χ1n) is 5.55. The van der Waals surface area contributed by atoms with E-state index in [1.165, 1.54) is 20.0 Å². The number of nitrogens with one attached hydrogen (secondary N) is 1. The van der Waals surface area contributed by atoms with E-state index in [1.54, 1.807) is 0 Å². The van der Waals surface area contributed by atoms with Gasteiger partial charge in [-0.3, -0.25) is 4.79 Å². The number of hydrogen-bond donors (Lipinski definition) is 1. The Hall–Kier alpha value is -0.610. The van der Waals surface area contributed by atoms with E-state index < -0.39 is 0 Å². The maximum atomic E-state index is 11.4. The largest absolute Gasteiger partial charge is 0.468 e. The summed E-state index contributed by atoms with van der Waals surface area (Å²) < 4.78 is 10.2. The van der Waals surface area contributed by atoms with Gasteiger partial charge in [0.15, 0.2) is 0 Å². The molecule has 0 amide bonds. The molecule has 1 saturated carbocycles. The monoisotopic (exact) mass is 215 g/mol. The Bertz CT molecular complexity index is 202. The van der Waals surface area contributed by atoms with Gasteiger partial charge in [-0.1, -0.05) is 13.8 Å². The van der Waals surface area contributed by atoms with Crippen LogP contribution in [0.3, 0.4) is 0 Å². The van der Waals surface area contributed by atoms with Crippen molar-refractivity contribution in [2.45, 2.75) is 38.8 Å². The zero-order chi connectivity index (χ0) is 11.3. The molecular weight excluding hydrogens is 194 g/mol. The molecule has 1 atom stereocenters. The number of hydrogen-bond acceptors (Lipinski definition) is 4. The standard InChI is InChI=1S/C11H21NO3/c1-8(2)12-10(11(13)14-3)7-15-6-9-4-5-9/h8-10,12H,4-7H2,1-3H3. The summed E-state index contributed by atoms with van der Waals surface area (Å²) in [6.45, 7) is 5.17. The van der Waals surface area contributed by atoms with E-state index in [9.17, 15) is 4.79 Å². The maximum absolute atomic E-state index is 11.4. The molecule has 1 fully saturated rings. The Balaban J connectivity index is 2.23. The Morgan fingerprint density at radius 3 is 2.60 bits per heavy atom. The molecule has 0 radical (unpaired) electrons. The summed E-state index contributed by atoms with van der Waals surface area (Å²) in [6.07, 6.45) is 2.53. The molecule has 15 heavy (non-hydrogen) atoms. The average molecular weight is 215 g/mol. The van der Waals surface area contributed by atoms with Gasteiger partial charge in [-0.25, -0.2) is 0 Å². The van der Waals surface area contributed by atoms with Crippen LogP contribution in [0.25, 0.3) is 0 Å². The van der Waals surface area contributed by atoms with Crippen molar-refractivity contribution in [1.82, 2.24) is 5.32 Å². The van der Waals surface area contributed by atoms with E-state index in [0.29, 0.717) is 6.61 Å². The van der Waals surface area contributed by atoms with E-state index in [2.05, 4.69) is 5.32 Å². The lowest BCUT2D eigenvalue weighted by molar-refractivity contribution is -0.145. The molecule has 1 unspecified atom stereocenters. The van der Waals surface area contributed by atoms with Gasteiger partial charge >= 0.3 is 5.97 Å². The lowest BCUT2D eigenvalue weighted by atomic mass is 10.2. The minimum Gasteiger partial charge on any atom is -0.468 e. The molecule has 1 rings (SSSR count). The van der Waals surface area contributed by atoms with Gasteiger partial charge in [-0.2, -0.15) is 0 Å². The summed E-state index contributed by atoms with van der Waals surface area (Å²) in [4.78, 5) is 11.4. The van der Waals surface area contributed by atoms with Crippen LogP contribution in [0.1, 0.15) is 26.7 Å². The molecule has 88 valence electrons. The first kappa shape index (κ1) is 12.5. The predicted molar refractivity (Wildman–Crippen MR) is 57.6 cm³/mol. The molecule has 1 aliphatic rings. The molecule has 0 aromatic rings. The summed E-state index contributed by atoms with van der Waals surface area (Å²) in [5, 5.41) is 3.13. The van der Waals surface area contributed by atoms with Crippen molar-refractivity contribution in [3.8, 4) is 0 Å². The first-order valence-corrected chi connectivity index (χ1v) is 5.55. The molecule has 1 aliphatic carbocycles. The summed E-state index contributed by atoms with van der Waals surface area (Å²) in [5.41, 5.74) is 0. The molecule has 4 nitrogen and oxygen atoms in total. The zero-order valence-corrected chi connectivity index (χ0v) is 9.79. The van der Waals surface area contributed by atoms with E-state index in [0.717, 1.165) is 12.5 Å². The molecule has 0 heterocycles. The van der Waals surface area contributed by atoms with Gasteiger partial charge in [-0.05, 0) is 18.8 Å². The average Bonchev–Trinajstić information content (AvgIpc) is 2.98. The Kier molecular flexibility index (Phi) is 5.05. The summed E-state index contributed by atoms with van der Waals surface area (Å²) in [7, 11) is 1.40. The number of ether oxygens (including phenoxy) is 2. The minimum atomic E-state index is -0.339. The Morgan fingerprint density at radius 1 is 1.47 bits per heavy atom. The van der Waals surface area contributed by atoms with E-state index in [-0.39, 0.29) is 18.1 Å². The Labute approximate surface area is 91.3 Å². The van der Waals surface area contributed by atoms with Crippen LogP contribution in [0.2, 0.25) is 0 Å². The van der Waals surface area contributed by atoms with Crippen molar-refractivity contribution in [1.29, 1.82) is 0 Å². The summed E-state index contributed by atoms with van der Waals surface area (Å²) >= 11 is 0. The lowest BCUT2D eigenvalue weighted by Gasteiger charge is -2.18. The van der Waals surface area contributed by atoms with Gasteiger partial charge in [0.1, 0.15) is 6.04 Å². The second kappa shape index (κ2) is 6.08. The second-order valence-electron chi connectivity index (χ2n) is 4.38. The molecule has 1 N–H and O–H groups in total. The van der Waals surface area contributed by atoms with Crippen molar-refractivity contribution in [3.05, 3.63) is 0 Å². The van der Waals surface area contributed by atoms with Crippen LogP contribution in [0, 0.1) is 5.92 Å². The van der Waals surface area contributed by atoms with E-state index in [1.807, 2.05) is 13.8 Å². The maximum Gasteiger partial charge on any atom is 0.325 e. The number of carbonyl (C=O) groups is 1. The van der Waals surface area contributed by atoms with Gasteiger partial charge in [-0.15, -0.1) is 0 Å². The van der Waals surface area contributed by atoms with Gasteiger partial charge in [0.25, 0.3) is 0 Å². The van der Waals surface area contributed by atoms with Crippen LogP contribution in [0.4, 0.5) is 0 Å². The zero-order valence-electron chi connectivity index (χ0n) is 9.79. The van der Waals surface area contributed by atoms with Crippen LogP contribution in [0.5, 0.6) is 0 Å². The summed E-state index contributed by atoms with van der Waals surface area (Å²) in [5.74, 6) is 0.474. The third-order valence-electron chi connectivity index (χ3n) is 2.36. The van der Waals surface area contributed by atoms with Crippen LogP contribution < -0.4 is 5.32 Å². The lowest BCUT2D eigenvalue weighted by Crippen LogP contribution is -2.44. The minimum absolute atomic E-state index is 0.249. The molecule has 0 spiro atoms. The fraction of sp³-hybridized carbons (Fsp3) is 0.909. The number of rotatable bonds is 7. The number of carbonyl (C=O) groups excluding carboxylic acids is 1. The fourth-order valence-electron chi connectivity index (χ4n) is 1.37. The molecule has 0 aliphatic heterocycles. The van der Waals surface area contributed by atoms with Crippen LogP contribution >= 0.6 is 0 Å². The van der Waals surface area contributed by atoms with Crippen molar-refractivity contribution >= 4 is 5.97 Å². The highest BCUT2D eigenvalue weighted by Gasteiger charge is 2.24. The second-order valence-corrected chi connectivity index (χ2v) is 4.38. The van der Waals surface area contributed by atoms with Gasteiger partial charge in [0, 0.05) is 12.6 Å². The van der Waals surface area contributed by atoms with Crippen LogP contribution in [-0.4, -0.2) is 38.4 Å². The fourth-order valence-corrected chi connectivity index (χ4v) is 1.37. The van der Waals surface area contributed by atoms with Gasteiger partial charge < -0.3 is 14.8 Å². The van der Waals surface area contributed by atoms with Gasteiger partial charge in [0.05, 0.1) is 13.7 Å². The highest BCUT2D eigenvalue weighted by atomic mass is 16.5. The molecular formula is C11H21NO3. The number of methoxy groups -OCH3 is 1.